The van der Waals surface area contributed by atoms with Crippen LogP contribution in [0.5, 0.6) is 0 Å². The van der Waals surface area contributed by atoms with E-state index in [0.29, 0.717) is 0 Å². The lowest BCUT2D eigenvalue weighted by Gasteiger charge is -2.07. The number of alkyl halides is 2. The fourth-order valence-electron chi connectivity index (χ4n) is 0.670. The quantitative estimate of drug-likeness (QED) is 0.754. The highest BCUT2D eigenvalue weighted by Crippen LogP contribution is 2.29. The summed E-state index contributed by atoms with van der Waals surface area (Å²) in [4.78, 5) is 13.1. The topological polar surface area (TPSA) is 63.3 Å². The molecular formula is C6H5F2NO3. The molecule has 0 fully saturated rings. The molecule has 0 saturated carbocycles. The van der Waals surface area contributed by atoms with E-state index in [-0.39, 0.29) is 0 Å². The van der Waals surface area contributed by atoms with E-state index in [9.17, 15) is 13.6 Å². The van der Waals surface area contributed by atoms with Crippen molar-refractivity contribution in [3.8, 4) is 0 Å². The SMILES string of the molecule is O=C(O)CC(F)(F)c1ncco1. The van der Waals surface area contributed by atoms with Crippen LogP contribution in [0.1, 0.15) is 12.3 Å². The average Bonchev–Trinajstić information content (AvgIpc) is 2.32. The van der Waals surface area contributed by atoms with E-state index in [2.05, 4.69) is 9.40 Å². The first-order chi connectivity index (χ1) is 5.52. The van der Waals surface area contributed by atoms with Gasteiger partial charge in [-0.15, -0.1) is 0 Å². The van der Waals surface area contributed by atoms with Gasteiger partial charge >= 0.3 is 11.9 Å². The maximum atomic E-state index is 12.7. The van der Waals surface area contributed by atoms with E-state index < -0.39 is 24.2 Å². The van der Waals surface area contributed by atoms with Crippen molar-refractivity contribution < 1.29 is 23.1 Å². The number of carbonyl (C=O) groups is 1. The molecule has 0 bridgehead atoms. The van der Waals surface area contributed by atoms with Crippen LogP contribution >= 0.6 is 0 Å². The van der Waals surface area contributed by atoms with Crippen molar-refractivity contribution in [1.29, 1.82) is 0 Å². The minimum absolute atomic E-state index is 0.870. The number of hydrogen-bond acceptors (Lipinski definition) is 3. The van der Waals surface area contributed by atoms with Gasteiger partial charge in [0.25, 0.3) is 5.89 Å². The molecule has 0 aromatic carbocycles. The molecule has 1 aromatic rings. The zero-order chi connectivity index (χ0) is 9.19. The summed E-state index contributed by atoms with van der Waals surface area (Å²) in [5, 5.41) is 8.10. The first-order valence-corrected chi connectivity index (χ1v) is 3.02. The molecule has 0 aliphatic rings. The van der Waals surface area contributed by atoms with Crippen molar-refractivity contribution in [2.24, 2.45) is 0 Å². The zero-order valence-corrected chi connectivity index (χ0v) is 5.83. The largest absolute Gasteiger partial charge is 0.481 e. The van der Waals surface area contributed by atoms with Crippen LogP contribution < -0.4 is 0 Å². The normalized spacial score (nSPS) is 11.5. The molecule has 12 heavy (non-hydrogen) atoms. The lowest BCUT2D eigenvalue weighted by molar-refractivity contribution is -0.147. The smallest absolute Gasteiger partial charge is 0.332 e. The molecule has 1 aromatic heterocycles. The van der Waals surface area contributed by atoms with Crippen LogP contribution in [-0.4, -0.2) is 16.1 Å². The van der Waals surface area contributed by atoms with Crippen molar-refractivity contribution in [3.63, 3.8) is 0 Å². The van der Waals surface area contributed by atoms with Gasteiger partial charge in [-0.3, -0.25) is 4.79 Å². The second-order valence-corrected chi connectivity index (χ2v) is 2.11. The van der Waals surface area contributed by atoms with Gasteiger partial charge in [0.05, 0.1) is 6.20 Å². The predicted molar refractivity (Wildman–Crippen MR) is 32.6 cm³/mol. The van der Waals surface area contributed by atoms with Gasteiger partial charge in [0.15, 0.2) is 0 Å². The number of halogens is 2. The summed E-state index contributed by atoms with van der Waals surface area (Å²) in [7, 11) is 0. The third-order valence-corrected chi connectivity index (χ3v) is 1.12. The number of nitrogens with zero attached hydrogens (tertiary/aromatic N) is 1. The maximum Gasteiger partial charge on any atom is 0.332 e. The Morgan fingerprint density at radius 1 is 1.75 bits per heavy atom. The first-order valence-electron chi connectivity index (χ1n) is 3.02. The van der Waals surface area contributed by atoms with Crippen molar-refractivity contribution in [2.75, 3.05) is 0 Å². The molecule has 1 N–H and O–H groups in total. The van der Waals surface area contributed by atoms with Crippen molar-refractivity contribution >= 4 is 5.97 Å². The highest BCUT2D eigenvalue weighted by Gasteiger charge is 2.39. The fourth-order valence-corrected chi connectivity index (χ4v) is 0.670. The van der Waals surface area contributed by atoms with Crippen LogP contribution in [0, 0.1) is 0 Å². The predicted octanol–water partition coefficient (Wildman–Crippen LogP) is 1.24. The standard InChI is InChI=1S/C6H5F2NO3/c7-6(8,3-4(10)11)5-9-1-2-12-5/h1-2H,3H2,(H,10,11). The van der Waals surface area contributed by atoms with Gasteiger partial charge in [-0.2, -0.15) is 8.78 Å². The van der Waals surface area contributed by atoms with Gasteiger partial charge in [-0.05, 0) is 0 Å². The Kier molecular flexibility index (Phi) is 2.07. The molecule has 1 heterocycles. The van der Waals surface area contributed by atoms with Crippen molar-refractivity contribution in [1.82, 2.24) is 4.98 Å². The van der Waals surface area contributed by atoms with E-state index in [4.69, 9.17) is 5.11 Å². The summed E-state index contributed by atoms with van der Waals surface area (Å²) >= 11 is 0. The molecule has 0 aliphatic heterocycles. The van der Waals surface area contributed by atoms with Gasteiger partial charge in [-0.1, -0.05) is 0 Å². The van der Waals surface area contributed by atoms with Crippen LogP contribution in [0.3, 0.4) is 0 Å². The van der Waals surface area contributed by atoms with Gasteiger partial charge in [0.2, 0.25) is 0 Å². The third kappa shape index (κ3) is 1.77. The molecule has 0 radical (unpaired) electrons. The van der Waals surface area contributed by atoms with E-state index >= 15 is 0 Å². The van der Waals surface area contributed by atoms with Crippen LogP contribution in [0.2, 0.25) is 0 Å². The molecule has 0 unspecified atom stereocenters. The molecular weight excluding hydrogens is 172 g/mol. The molecule has 66 valence electrons. The monoisotopic (exact) mass is 177 g/mol. The Morgan fingerprint density at radius 2 is 2.42 bits per heavy atom. The molecule has 1 rings (SSSR count). The Labute approximate surface area is 65.8 Å². The highest BCUT2D eigenvalue weighted by atomic mass is 19.3. The number of carboxylic acid groups (broad SMARTS) is 1. The summed E-state index contributed by atoms with van der Waals surface area (Å²) in [5.41, 5.74) is 0. The van der Waals surface area contributed by atoms with Gasteiger partial charge < -0.3 is 9.52 Å². The number of oxazole rings is 1. The van der Waals surface area contributed by atoms with Crippen LogP contribution in [-0.2, 0) is 10.7 Å². The Bertz CT molecular complexity index is 270. The second-order valence-electron chi connectivity index (χ2n) is 2.11. The lowest BCUT2D eigenvalue weighted by Crippen LogP contribution is -2.18. The number of carboxylic acids is 1. The molecule has 0 aliphatic carbocycles. The summed E-state index contributed by atoms with van der Waals surface area (Å²) in [6.07, 6.45) is 0.684. The van der Waals surface area contributed by atoms with Crippen molar-refractivity contribution in [2.45, 2.75) is 12.3 Å². The molecule has 0 saturated heterocycles. The van der Waals surface area contributed by atoms with Gasteiger partial charge in [0.1, 0.15) is 12.7 Å². The van der Waals surface area contributed by atoms with Gasteiger partial charge in [-0.25, -0.2) is 4.98 Å². The Hall–Kier alpha value is -1.46. The molecule has 0 spiro atoms. The van der Waals surface area contributed by atoms with Gasteiger partial charge in [0, 0.05) is 0 Å². The second kappa shape index (κ2) is 2.88. The van der Waals surface area contributed by atoms with E-state index in [1.807, 2.05) is 0 Å². The summed E-state index contributed by atoms with van der Waals surface area (Å²) < 4.78 is 29.7. The summed E-state index contributed by atoms with van der Waals surface area (Å²) in [5.74, 6) is -6.00. The molecule has 4 nitrogen and oxygen atoms in total. The maximum absolute atomic E-state index is 12.7. The number of aliphatic carboxylic acids is 1. The zero-order valence-electron chi connectivity index (χ0n) is 5.83. The van der Waals surface area contributed by atoms with E-state index in [1.165, 1.54) is 0 Å². The Balaban J connectivity index is 2.79. The van der Waals surface area contributed by atoms with Crippen LogP contribution in [0.25, 0.3) is 0 Å². The van der Waals surface area contributed by atoms with Crippen LogP contribution in [0.15, 0.2) is 16.9 Å². The van der Waals surface area contributed by atoms with Crippen molar-refractivity contribution in [3.05, 3.63) is 18.4 Å². The van der Waals surface area contributed by atoms with E-state index in [0.717, 1.165) is 12.5 Å². The average molecular weight is 177 g/mol. The number of rotatable bonds is 3. The number of hydrogen-bond donors (Lipinski definition) is 1. The highest BCUT2D eigenvalue weighted by molar-refractivity contribution is 5.67. The first kappa shape index (κ1) is 8.63. The molecule has 0 amide bonds. The van der Waals surface area contributed by atoms with E-state index in [1.54, 1.807) is 0 Å². The molecule has 6 heteroatoms. The minimum Gasteiger partial charge on any atom is -0.481 e. The summed E-state index contributed by atoms with van der Waals surface area (Å²) in [6, 6.07) is 0. The van der Waals surface area contributed by atoms with Crippen LogP contribution in [0.4, 0.5) is 8.78 Å². The summed E-state index contributed by atoms with van der Waals surface area (Å²) in [6.45, 7) is 0. The minimum atomic E-state index is -3.53. The Morgan fingerprint density at radius 3 is 2.83 bits per heavy atom. The molecule has 0 atom stereocenters. The fraction of sp³-hybridized carbons (Fsp3) is 0.333. The lowest BCUT2D eigenvalue weighted by atomic mass is 10.2. The number of aromatic nitrogens is 1. The third-order valence-electron chi connectivity index (χ3n) is 1.12.